The van der Waals surface area contributed by atoms with E-state index in [-0.39, 0.29) is 0 Å². The quantitative estimate of drug-likeness (QED) is 0.149. The van der Waals surface area contributed by atoms with Crippen molar-refractivity contribution in [1.82, 2.24) is 0 Å². The van der Waals surface area contributed by atoms with Gasteiger partial charge in [-0.2, -0.15) is 0 Å². The first-order valence-corrected chi connectivity index (χ1v) is 19.0. The van der Waals surface area contributed by atoms with Gasteiger partial charge in [0.1, 0.15) is 0 Å². The number of allylic oxidation sites excluding steroid dienone is 6. The van der Waals surface area contributed by atoms with E-state index in [9.17, 15) is 0 Å². The van der Waals surface area contributed by atoms with E-state index in [2.05, 4.69) is 186 Å². The van der Waals surface area contributed by atoms with Crippen LogP contribution in [0.15, 0.2) is 176 Å². The molecule has 0 spiro atoms. The Morgan fingerprint density at radius 2 is 1.12 bits per heavy atom. The normalized spacial score (nSPS) is 16.6. The Kier molecular flexibility index (Phi) is 8.88. The van der Waals surface area contributed by atoms with Crippen molar-refractivity contribution in [3.63, 3.8) is 0 Å². The SMILES string of the molecule is C1=CC(N(c2ccccc2)c2ccc(-c3c4c(c(C5=CC=C(N(c6ccccc6)c6ccccc6)CC5)c5ccccc35)CCC=C4)cc2)CCC1. The number of anilines is 4. The molecule has 254 valence electrons. The van der Waals surface area contributed by atoms with Gasteiger partial charge in [-0.3, -0.25) is 0 Å². The highest BCUT2D eigenvalue weighted by molar-refractivity contribution is 6.08. The van der Waals surface area contributed by atoms with Crippen LogP contribution in [0.2, 0.25) is 0 Å². The Balaban J connectivity index is 1.13. The molecule has 0 bridgehead atoms. The van der Waals surface area contributed by atoms with Crippen molar-refractivity contribution in [2.24, 2.45) is 0 Å². The van der Waals surface area contributed by atoms with Crippen LogP contribution in [0, 0.1) is 0 Å². The first kappa shape index (κ1) is 32.1. The average molecular weight is 673 g/mol. The fraction of sp³-hybridized carbons (Fsp3) is 0.160. The third kappa shape index (κ3) is 6.09. The molecule has 2 nitrogen and oxygen atoms in total. The van der Waals surface area contributed by atoms with Crippen LogP contribution >= 0.6 is 0 Å². The monoisotopic (exact) mass is 672 g/mol. The molecule has 2 heteroatoms. The van der Waals surface area contributed by atoms with E-state index in [0.29, 0.717) is 6.04 Å². The van der Waals surface area contributed by atoms with E-state index < -0.39 is 0 Å². The topological polar surface area (TPSA) is 6.48 Å². The molecular weight excluding hydrogens is 629 g/mol. The number of fused-ring (bicyclic) bond motifs is 2. The molecule has 3 aliphatic rings. The molecular formula is C50H44N2. The van der Waals surface area contributed by atoms with Crippen LogP contribution < -0.4 is 9.80 Å². The maximum Gasteiger partial charge on any atom is 0.0522 e. The molecule has 1 unspecified atom stereocenters. The molecule has 0 N–H and O–H groups in total. The van der Waals surface area contributed by atoms with Gasteiger partial charge in [-0.1, -0.05) is 121 Å². The van der Waals surface area contributed by atoms with E-state index in [4.69, 9.17) is 0 Å². The number of hydrogen-bond acceptors (Lipinski definition) is 2. The maximum absolute atomic E-state index is 2.52. The molecule has 6 aromatic carbocycles. The van der Waals surface area contributed by atoms with Crippen molar-refractivity contribution in [1.29, 1.82) is 0 Å². The Morgan fingerprint density at radius 1 is 0.500 bits per heavy atom. The number of rotatable bonds is 8. The van der Waals surface area contributed by atoms with Crippen molar-refractivity contribution in [3.8, 4) is 11.1 Å². The summed E-state index contributed by atoms with van der Waals surface area (Å²) in [5.74, 6) is 0. The molecule has 0 saturated heterocycles. The largest absolute Gasteiger partial charge is 0.335 e. The number of hydrogen-bond donors (Lipinski definition) is 0. The standard InChI is InChI=1S/C50H44N2/c1-5-17-39(18-6-1)51(40-19-7-2-8-20-40)43-33-29-37(30-34-43)49-45-25-13-15-27-47(45)50(48-28-16-14-26-46(48)49)38-31-35-44(36-32-38)52(41-21-9-3-10-22-41)42-23-11-4-12-24-42/h1-3,5-11,13,15-23,25,27-29,31-33,35-36,42H,4,12,14,24,26,30,34H2. The lowest BCUT2D eigenvalue weighted by Gasteiger charge is -2.34. The molecule has 6 aromatic rings. The Labute approximate surface area is 308 Å². The lowest BCUT2D eigenvalue weighted by molar-refractivity contribution is 0.631. The van der Waals surface area contributed by atoms with Crippen LogP contribution in [-0.2, 0) is 6.42 Å². The summed E-state index contributed by atoms with van der Waals surface area (Å²) in [4.78, 5) is 4.93. The molecule has 9 rings (SSSR count). The van der Waals surface area contributed by atoms with E-state index in [1.165, 1.54) is 91.9 Å². The van der Waals surface area contributed by atoms with Crippen LogP contribution in [0.5, 0.6) is 0 Å². The van der Waals surface area contributed by atoms with Gasteiger partial charge in [-0.05, 0) is 144 Å². The lowest BCUT2D eigenvalue weighted by Crippen LogP contribution is -2.30. The minimum absolute atomic E-state index is 0.364. The van der Waals surface area contributed by atoms with E-state index in [0.717, 1.165) is 25.7 Å². The van der Waals surface area contributed by atoms with Crippen LogP contribution in [0.1, 0.15) is 55.2 Å². The van der Waals surface area contributed by atoms with Gasteiger partial charge in [-0.25, -0.2) is 0 Å². The highest BCUT2D eigenvalue weighted by Crippen LogP contribution is 2.46. The summed E-state index contributed by atoms with van der Waals surface area (Å²) in [5, 5.41) is 2.69. The van der Waals surface area contributed by atoms with Gasteiger partial charge in [0, 0.05) is 28.4 Å². The predicted molar refractivity (Wildman–Crippen MR) is 222 cm³/mol. The third-order valence-corrected chi connectivity index (χ3v) is 11.0. The highest BCUT2D eigenvalue weighted by Gasteiger charge is 2.26. The van der Waals surface area contributed by atoms with Crippen molar-refractivity contribution in [2.75, 3.05) is 9.80 Å². The van der Waals surface area contributed by atoms with Crippen LogP contribution in [0.4, 0.5) is 22.7 Å². The van der Waals surface area contributed by atoms with Gasteiger partial charge in [-0.15, -0.1) is 0 Å². The summed E-state index contributed by atoms with van der Waals surface area (Å²) >= 11 is 0. The molecule has 0 aliphatic heterocycles. The zero-order chi connectivity index (χ0) is 34.7. The summed E-state index contributed by atoms with van der Waals surface area (Å²) in [6.45, 7) is 0. The average Bonchev–Trinajstić information content (AvgIpc) is 3.22. The van der Waals surface area contributed by atoms with Gasteiger partial charge < -0.3 is 9.80 Å². The highest BCUT2D eigenvalue weighted by atomic mass is 15.2. The number of para-hydroxylation sites is 3. The van der Waals surface area contributed by atoms with Gasteiger partial charge in [0.2, 0.25) is 0 Å². The molecule has 0 amide bonds. The summed E-state index contributed by atoms with van der Waals surface area (Å²) in [5.41, 5.74) is 14.6. The second kappa shape index (κ2) is 14.4. The van der Waals surface area contributed by atoms with Gasteiger partial charge >= 0.3 is 0 Å². The minimum atomic E-state index is 0.364. The van der Waals surface area contributed by atoms with Crippen molar-refractivity contribution >= 4 is 45.2 Å². The van der Waals surface area contributed by atoms with E-state index in [1.54, 1.807) is 0 Å². The van der Waals surface area contributed by atoms with Gasteiger partial charge in [0.25, 0.3) is 0 Å². The maximum atomic E-state index is 2.52. The molecule has 3 aliphatic carbocycles. The lowest BCUT2D eigenvalue weighted by atomic mass is 9.78. The second-order valence-electron chi connectivity index (χ2n) is 14.2. The van der Waals surface area contributed by atoms with Crippen molar-refractivity contribution in [2.45, 2.75) is 51.0 Å². The summed E-state index contributed by atoms with van der Waals surface area (Å²) in [6, 6.07) is 51.3. The fourth-order valence-electron chi connectivity index (χ4n) is 8.64. The zero-order valence-electron chi connectivity index (χ0n) is 29.7. The smallest absolute Gasteiger partial charge is 0.0522 e. The van der Waals surface area contributed by atoms with Gasteiger partial charge in [0.15, 0.2) is 0 Å². The van der Waals surface area contributed by atoms with Crippen LogP contribution in [0.25, 0.3) is 33.5 Å². The van der Waals surface area contributed by atoms with E-state index >= 15 is 0 Å². The Morgan fingerprint density at radius 3 is 1.73 bits per heavy atom. The Hall–Kier alpha value is -5.86. The van der Waals surface area contributed by atoms with E-state index in [1.807, 2.05) is 0 Å². The first-order chi connectivity index (χ1) is 25.8. The predicted octanol–water partition coefficient (Wildman–Crippen LogP) is 13.6. The molecule has 0 heterocycles. The second-order valence-corrected chi connectivity index (χ2v) is 14.2. The summed E-state index contributed by atoms with van der Waals surface area (Å²) in [7, 11) is 0. The van der Waals surface area contributed by atoms with Gasteiger partial charge in [0.05, 0.1) is 6.04 Å². The van der Waals surface area contributed by atoms with Crippen molar-refractivity contribution in [3.05, 3.63) is 192 Å². The molecule has 0 fully saturated rings. The molecule has 0 aromatic heterocycles. The van der Waals surface area contributed by atoms with Crippen LogP contribution in [-0.4, -0.2) is 6.04 Å². The van der Waals surface area contributed by atoms with Crippen LogP contribution in [0.3, 0.4) is 0 Å². The zero-order valence-corrected chi connectivity index (χ0v) is 29.7. The first-order valence-electron chi connectivity index (χ1n) is 19.0. The summed E-state index contributed by atoms with van der Waals surface area (Å²) < 4.78 is 0. The molecule has 1 atom stereocenters. The summed E-state index contributed by atoms with van der Waals surface area (Å²) in [6.07, 6.45) is 22.0. The molecule has 0 radical (unpaired) electrons. The number of benzene rings is 6. The van der Waals surface area contributed by atoms with Crippen molar-refractivity contribution < 1.29 is 0 Å². The Bertz CT molecular complexity index is 2270. The molecule has 0 saturated carbocycles. The molecule has 52 heavy (non-hydrogen) atoms. The fourth-order valence-corrected chi connectivity index (χ4v) is 8.64. The third-order valence-electron chi connectivity index (χ3n) is 11.0. The number of nitrogens with zero attached hydrogens (tertiary/aromatic N) is 2. The minimum Gasteiger partial charge on any atom is -0.335 e.